The van der Waals surface area contributed by atoms with Gasteiger partial charge in [-0.1, -0.05) is 34.6 Å². The molecule has 0 saturated heterocycles. The van der Waals surface area contributed by atoms with E-state index < -0.39 is 0 Å². The SMILES string of the molecule is CC.CC.CCCOCCOCCOCCN.[HH]. The van der Waals surface area contributed by atoms with Crippen molar-refractivity contribution >= 4 is 0 Å². The highest BCUT2D eigenvalue weighted by Crippen LogP contribution is 1.82. The predicted octanol–water partition coefficient (Wildman–Crippen LogP) is 2.70. The van der Waals surface area contributed by atoms with Gasteiger partial charge in [0, 0.05) is 14.6 Å². The molecule has 0 aliphatic heterocycles. The van der Waals surface area contributed by atoms with Crippen molar-refractivity contribution in [2.75, 3.05) is 46.2 Å². The van der Waals surface area contributed by atoms with Crippen molar-refractivity contribution in [1.82, 2.24) is 0 Å². The fraction of sp³-hybridized carbons (Fsp3) is 1.00. The Bertz CT molecular complexity index is 88.3. The van der Waals surface area contributed by atoms with E-state index in [1.54, 1.807) is 0 Å². The summed E-state index contributed by atoms with van der Waals surface area (Å²) >= 11 is 0. The average Bonchev–Trinajstić information content (AvgIpc) is 2.42. The third-order valence-electron chi connectivity index (χ3n) is 1.35. The van der Waals surface area contributed by atoms with E-state index in [1.165, 1.54) is 0 Å². The molecule has 0 aliphatic rings. The monoisotopic (exact) mass is 253 g/mol. The van der Waals surface area contributed by atoms with Crippen molar-refractivity contribution in [2.45, 2.75) is 41.0 Å². The topological polar surface area (TPSA) is 53.7 Å². The summed E-state index contributed by atoms with van der Waals surface area (Å²) in [6.07, 6.45) is 1.06. The van der Waals surface area contributed by atoms with Gasteiger partial charge >= 0.3 is 0 Å². The molecule has 0 aromatic carbocycles. The van der Waals surface area contributed by atoms with E-state index in [1.807, 2.05) is 27.7 Å². The molecule has 4 heteroatoms. The van der Waals surface area contributed by atoms with Gasteiger partial charge in [0.1, 0.15) is 0 Å². The van der Waals surface area contributed by atoms with Crippen LogP contribution in [-0.4, -0.2) is 46.2 Å². The van der Waals surface area contributed by atoms with Gasteiger partial charge in [-0.25, -0.2) is 0 Å². The standard InChI is InChI=1S/C9H21NO3.2C2H6.H2/c1-2-4-11-6-8-13-9-7-12-5-3-10;2*1-2;/h2-10H2,1H3;2*1-2H3;1H. The van der Waals surface area contributed by atoms with Crippen LogP contribution in [0.5, 0.6) is 0 Å². The van der Waals surface area contributed by atoms with E-state index in [4.69, 9.17) is 19.9 Å². The number of hydrogen-bond donors (Lipinski definition) is 1. The molecule has 0 rings (SSSR count). The summed E-state index contributed by atoms with van der Waals surface area (Å²) in [7, 11) is 0. The molecule has 0 aliphatic carbocycles. The Morgan fingerprint density at radius 2 is 1.06 bits per heavy atom. The van der Waals surface area contributed by atoms with Crippen molar-refractivity contribution in [2.24, 2.45) is 5.73 Å². The second-order valence-electron chi connectivity index (χ2n) is 2.63. The van der Waals surface area contributed by atoms with E-state index >= 15 is 0 Å². The molecule has 0 aromatic rings. The Hall–Kier alpha value is -0.160. The first kappa shape index (κ1) is 22.1. The molecule has 17 heavy (non-hydrogen) atoms. The van der Waals surface area contributed by atoms with E-state index in [-0.39, 0.29) is 1.43 Å². The Morgan fingerprint density at radius 1 is 0.706 bits per heavy atom. The van der Waals surface area contributed by atoms with E-state index in [0.29, 0.717) is 39.6 Å². The van der Waals surface area contributed by atoms with Crippen molar-refractivity contribution < 1.29 is 15.6 Å². The van der Waals surface area contributed by atoms with Gasteiger partial charge in [0.15, 0.2) is 0 Å². The van der Waals surface area contributed by atoms with Gasteiger partial charge in [0.25, 0.3) is 0 Å². The zero-order valence-corrected chi connectivity index (χ0v) is 12.5. The van der Waals surface area contributed by atoms with Crippen LogP contribution < -0.4 is 5.73 Å². The third kappa shape index (κ3) is 31.3. The maximum absolute atomic E-state index is 5.24. The first-order valence-corrected chi connectivity index (χ1v) is 6.85. The highest BCUT2D eigenvalue weighted by atomic mass is 16.5. The Kier molecular flexibility index (Phi) is 38.5. The molecule has 0 bridgehead atoms. The minimum absolute atomic E-state index is 0. The maximum atomic E-state index is 5.24. The lowest BCUT2D eigenvalue weighted by Gasteiger charge is -2.05. The number of ether oxygens (including phenoxy) is 3. The molecule has 0 spiro atoms. The molecule has 110 valence electrons. The molecular formula is C13H35NO3. The minimum Gasteiger partial charge on any atom is -0.379 e. The van der Waals surface area contributed by atoms with E-state index in [2.05, 4.69) is 6.92 Å². The molecule has 0 atom stereocenters. The molecule has 0 unspecified atom stereocenters. The van der Waals surface area contributed by atoms with Crippen LogP contribution in [0.4, 0.5) is 0 Å². The zero-order chi connectivity index (χ0) is 13.8. The molecule has 2 N–H and O–H groups in total. The van der Waals surface area contributed by atoms with Gasteiger partial charge < -0.3 is 19.9 Å². The Morgan fingerprint density at radius 3 is 1.41 bits per heavy atom. The third-order valence-corrected chi connectivity index (χ3v) is 1.35. The van der Waals surface area contributed by atoms with Crippen LogP contribution in [0.3, 0.4) is 0 Å². The van der Waals surface area contributed by atoms with Crippen LogP contribution in [0, 0.1) is 0 Å². The number of nitrogens with two attached hydrogens (primary N) is 1. The molecule has 0 radical (unpaired) electrons. The van der Waals surface area contributed by atoms with Crippen LogP contribution in [0.1, 0.15) is 42.5 Å². The fourth-order valence-electron chi connectivity index (χ4n) is 0.770. The summed E-state index contributed by atoms with van der Waals surface area (Å²) < 4.78 is 15.6. The highest BCUT2D eigenvalue weighted by molar-refractivity contribution is 4.34. The van der Waals surface area contributed by atoms with Gasteiger partial charge in [-0.15, -0.1) is 0 Å². The first-order valence-electron chi connectivity index (χ1n) is 6.85. The highest BCUT2D eigenvalue weighted by Gasteiger charge is 1.89. The summed E-state index contributed by atoms with van der Waals surface area (Å²) in [5.41, 5.74) is 5.24. The Labute approximate surface area is 109 Å². The molecule has 0 heterocycles. The van der Waals surface area contributed by atoms with Gasteiger partial charge in [0.2, 0.25) is 0 Å². The first-order chi connectivity index (χ1) is 8.41. The molecule has 4 nitrogen and oxygen atoms in total. The summed E-state index contributed by atoms with van der Waals surface area (Å²) in [6.45, 7) is 14.6. The smallest absolute Gasteiger partial charge is 0.0701 e. The molecule has 0 aromatic heterocycles. The molecule has 0 saturated carbocycles. The zero-order valence-electron chi connectivity index (χ0n) is 12.5. The summed E-state index contributed by atoms with van der Waals surface area (Å²) in [5.74, 6) is 0. The van der Waals surface area contributed by atoms with Crippen LogP contribution in [0.25, 0.3) is 0 Å². The second kappa shape index (κ2) is 29.7. The minimum atomic E-state index is 0. The van der Waals surface area contributed by atoms with E-state index in [9.17, 15) is 0 Å². The van der Waals surface area contributed by atoms with Gasteiger partial charge in [-0.2, -0.15) is 0 Å². The van der Waals surface area contributed by atoms with Crippen LogP contribution in [0.2, 0.25) is 0 Å². The van der Waals surface area contributed by atoms with Gasteiger partial charge in [-0.3, -0.25) is 0 Å². The lowest BCUT2D eigenvalue weighted by molar-refractivity contribution is 0.0161. The van der Waals surface area contributed by atoms with Crippen molar-refractivity contribution in [1.29, 1.82) is 0 Å². The lowest BCUT2D eigenvalue weighted by atomic mass is 10.5. The summed E-state index contributed by atoms with van der Waals surface area (Å²) in [5, 5.41) is 0. The van der Waals surface area contributed by atoms with Gasteiger partial charge in [-0.05, 0) is 6.42 Å². The van der Waals surface area contributed by atoms with Crippen molar-refractivity contribution in [3.63, 3.8) is 0 Å². The summed E-state index contributed by atoms with van der Waals surface area (Å²) in [6, 6.07) is 0. The summed E-state index contributed by atoms with van der Waals surface area (Å²) in [4.78, 5) is 0. The van der Waals surface area contributed by atoms with E-state index in [0.717, 1.165) is 13.0 Å². The molecular weight excluding hydrogens is 218 g/mol. The quantitative estimate of drug-likeness (QED) is 0.608. The average molecular weight is 253 g/mol. The maximum Gasteiger partial charge on any atom is 0.0701 e. The van der Waals surface area contributed by atoms with Crippen LogP contribution >= 0.6 is 0 Å². The fourth-order valence-corrected chi connectivity index (χ4v) is 0.770. The molecule has 0 fully saturated rings. The normalized spacial score (nSPS) is 8.82. The largest absolute Gasteiger partial charge is 0.379 e. The van der Waals surface area contributed by atoms with Crippen LogP contribution in [-0.2, 0) is 14.2 Å². The number of rotatable bonds is 10. The lowest BCUT2D eigenvalue weighted by Crippen LogP contribution is -2.13. The number of hydrogen-bond acceptors (Lipinski definition) is 4. The van der Waals surface area contributed by atoms with Crippen LogP contribution in [0.15, 0.2) is 0 Å². The second-order valence-corrected chi connectivity index (χ2v) is 2.63. The molecule has 0 amide bonds. The Balaban J connectivity index is -0.000000177. The van der Waals surface area contributed by atoms with Crippen molar-refractivity contribution in [3.05, 3.63) is 0 Å². The predicted molar refractivity (Wildman–Crippen MR) is 76.6 cm³/mol. The van der Waals surface area contributed by atoms with Crippen molar-refractivity contribution in [3.8, 4) is 0 Å². The van der Waals surface area contributed by atoms with Gasteiger partial charge in [0.05, 0.1) is 33.0 Å².